The monoisotopic (exact) mass is 404 g/mol. The van der Waals surface area contributed by atoms with Crippen LogP contribution in [0.5, 0.6) is 5.75 Å². The summed E-state index contributed by atoms with van der Waals surface area (Å²) < 4.78 is 56.5. The molecule has 0 amide bonds. The Balaban J connectivity index is 2.42. The molecule has 0 heterocycles. The van der Waals surface area contributed by atoms with Crippen LogP contribution in [-0.2, 0) is 4.79 Å². The number of hydrogen-bond donors (Lipinski definition) is 2. The Labute approximate surface area is 154 Å². The first-order chi connectivity index (χ1) is 12.7. The number of aliphatic carboxylic acids is 1. The molecule has 6 nitrogen and oxygen atoms in total. The lowest BCUT2D eigenvalue weighted by Crippen LogP contribution is -2.27. The highest BCUT2D eigenvalue weighted by atomic mass is 35.5. The molecular weight excluding hydrogens is 396 g/mol. The maximum Gasteiger partial charge on any atom is 0.387 e. The first-order valence-electron chi connectivity index (χ1n) is 7.00. The summed E-state index contributed by atoms with van der Waals surface area (Å²) in [5, 5.41) is 12.4. The summed E-state index contributed by atoms with van der Waals surface area (Å²) in [6.45, 7) is -3.38. The molecule has 0 aromatic heterocycles. The highest BCUT2D eigenvalue weighted by Crippen LogP contribution is 2.25. The Morgan fingerprint density at radius 3 is 2.44 bits per heavy atom. The van der Waals surface area contributed by atoms with Crippen molar-refractivity contribution in [2.75, 3.05) is 5.43 Å². The van der Waals surface area contributed by atoms with Gasteiger partial charge in [-0.05, 0) is 30.3 Å². The summed E-state index contributed by atoms with van der Waals surface area (Å²) in [6.07, 6.45) is 0. The fourth-order valence-corrected chi connectivity index (χ4v) is 2.09. The van der Waals surface area contributed by atoms with Crippen molar-refractivity contribution in [3.63, 3.8) is 0 Å². The van der Waals surface area contributed by atoms with Crippen LogP contribution >= 0.6 is 11.6 Å². The van der Waals surface area contributed by atoms with Gasteiger partial charge in [0.15, 0.2) is 0 Å². The van der Waals surface area contributed by atoms with Crippen LogP contribution in [-0.4, -0.2) is 29.2 Å². The number of carboxylic acid groups (broad SMARTS) is 1. The standard InChI is InChI=1S/C16H9ClF4N2O4/c17-7-4-5-10(9(19)6-7)22-23-13(15(25)26)14(24)12-8(18)2-1-3-11(12)27-16(20)21/h1-6,16,22H,(H,25,26). The highest BCUT2D eigenvalue weighted by Gasteiger charge is 2.29. The lowest BCUT2D eigenvalue weighted by Gasteiger charge is -2.11. The summed E-state index contributed by atoms with van der Waals surface area (Å²) in [5.74, 6) is -6.55. The van der Waals surface area contributed by atoms with Crippen molar-refractivity contribution in [3.05, 3.63) is 58.6 Å². The van der Waals surface area contributed by atoms with E-state index in [0.29, 0.717) is 0 Å². The second-order valence-corrected chi connectivity index (χ2v) is 5.26. The molecule has 0 saturated heterocycles. The van der Waals surface area contributed by atoms with Gasteiger partial charge < -0.3 is 9.84 Å². The van der Waals surface area contributed by atoms with Crippen LogP contribution in [0.4, 0.5) is 23.2 Å². The van der Waals surface area contributed by atoms with Crippen LogP contribution in [0.1, 0.15) is 10.4 Å². The molecule has 11 heteroatoms. The van der Waals surface area contributed by atoms with Crippen LogP contribution in [0, 0.1) is 11.6 Å². The molecule has 0 bridgehead atoms. The third-order valence-electron chi connectivity index (χ3n) is 3.06. The van der Waals surface area contributed by atoms with E-state index in [1.165, 1.54) is 6.07 Å². The predicted octanol–water partition coefficient (Wildman–Crippen LogP) is 3.96. The molecule has 0 aliphatic heterocycles. The number of hydrazone groups is 1. The normalized spacial score (nSPS) is 11.4. The molecule has 2 N–H and O–H groups in total. The molecule has 0 saturated carbocycles. The smallest absolute Gasteiger partial charge is 0.387 e. The van der Waals surface area contributed by atoms with Gasteiger partial charge in [0.2, 0.25) is 11.5 Å². The van der Waals surface area contributed by atoms with Crippen LogP contribution < -0.4 is 10.2 Å². The van der Waals surface area contributed by atoms with Crippen LogP contribution in [0.25, 0.3) is 0 Å². The van der Waals surface area contributed by atoms with E-state index in [4.69, 9.17) is 16.7 Å². The SMILES string of the molecule is O=C(O)C(=NNc1ccc(Cl)cc1F)C(=O)c1c(F)cccc1OC(F)F. The largest absolute Gasteiger partial charge is 0.476 e. The van der Waals surface area contributed by atoms with Gasteiger partial charge in [-0.25, -0.2) is 13.6 Å². The third kappa shape index (κ3) is 4.94. The molecule has 2 rings (SSSR count). The number of anilines is 1. The summed E-state index contributed by atoms with van der Waals surface area (Å²) in [5.41, 5.74) is -0.679. The van der Waals surface area contributed by atoms with Crippen molar-refractivity contribution in [1.29, 1.82) is 0 Å². The summed E-state index contributed by atoms with van der Waals surface area (Å²) in [4.78, 5) is 23.6. The Morgan fingerprint density at radius 1 is 1.15 bits per heavy atom. The Bertz CT molecular complexity index is 921. The number of ether oxygens (including phenoxy) is 1. The Hall–Kier alpha value is -3.14. The topological polar surface area (TPSA) is 88.0 Å². The fourth-order valence-electron chi connectivity index (χ4n) is 1.93. The zero-order valence-electron chi connectivity index (χ0n) is 13.1. The number of carboxylic acids is 1. The number of Topliss-reactive ketones (excluding diaryl/α,β-unsaturated/α-hetero) is 1. The van der Waals surface area contributed by atoms with Crippen LogP contribution in [0.3, 0.4) is 0 Å². The van der Waals surface area contributed by atoms with Crippen LogP contribution in [0.15, 0.2) is 41.5 Å². The molecule has 0 fully saturated rings. The molecule has 0 unspecified atom stereocenters. The van der Waals surface area contributed by atoms with Gasteiger partial charge in [0, 0.05) is 5.02 Å². The zero-order chi connectivity index (χ0) is 20.1. The van der Waals surface area contributed by atoms with E-state index in [1.54, 1.807) is 0 Å². The Morgan fingerprint density at radius 2 is 1.85 bits per heavy atom. The fraction of sp³-hybridized carbons (Fsp3) is 0.0625. The van der Waals surface area contributed by atoms with Crippen LogP contribution in [0.2, 0.25) is 5.02 Å². The minimum atomic E-state index is -3.38. The van der Waals surface area contributed by atoms with Gasteiger partial charge in [-0.15, -0.1) is 0 Å². The lowest BCUT2D eigenvalue weighted by molar-refractivity contribution is -0.129. The molecule has 2 aromatic carbocycles. The maximum atomic E-state index is 14.0. The van der Waals surface area contributed by atoms with E-state index < -0.39 is 47.0 Å². The van der Waals surface area contributed by atoms with E-state index in [0.717, 1.165) is 30.3 Å². The number of rotatable bonds is 7. The van der Waals surface area contributed by atoms with Crippen molar-refractivity contribution >= 4 is 34.8 Å². The van der Waals surface area contributed by atoms with Gasteiger partial charge >= 0.3 is 12.6 Å². The number of alkyl halides is 2. The molecule has 142 valence electrons. The molecule has 27 heavy (non-hydrogen) atoms. The van der Waals surface area contributed by atoms with Gasteiger partial charge in [0.05, 0.1) is 5.69 Å². The van der Waals surface area contributed by atoms with Crippen molar-refractivity contribution < 1.29 is 37.0 Å². The quantitative estimate of drug-likeness (QED) is 0.240. The van der Waals surface area contributed by atoms with E-state index in [9.17, 15) is 27.2 Å². The second-order valence-electron chi connectivity index (χ2n) is 4.82. The second kappa shape index (κ2) is 8.49. The average molecular weight is 405 g/mol. The van der Waals surface area contributed by atoms with Crippen molar-refractivity contribution in [2.24, 2.45) is 5.10 Å². The van der Waals surface area contributed by atoms with E-state index >= 15 is 0 Å². The molecule has 0 spiro atoms. The Kier molecular flexibility index (Phi) is 6.35. The van der Waals surface area contributed by atoms with Gasteiger partial charge in [0.1, 0.15) is 22.9 Å². The first kappa shape index (κ1) is 20.2. The van der Waals surface area contributed by atoms with Gasteiger partial charge in [-0.1, -0.05) is 17.7 Å². The van der Waals surface area contributed by atoms with Gasteiger partial charge in [-0.3, -0.25) is 10.2 Å². The molecular formula is C16H9ClF4N2O4. The molecule has 0 aliphatic carbocycles. The third-order valence-corrected chi connectivity index (χ3v) is 3.29. The number of nitrogens with zero attached hydrogens (tertiary/aromatic N) is 1. The van der Waals surface area contributed by atoms with Gasteiger partial charge in [-0.2, -0.15) is 13.9 Å². The van der Waals surface area contributed by atoms with Crippen molar-refractivity contribution in [1.82, 2.24) is 0 Å². The first-order valence-corrected chi connectivity index (χ1v) is 7.38. The van der Waals surface area contributed by atoms with Crippen molar-refractivity contribution in [2.45, 2.75) is 6.61 Å². The van der Waals surface area contributed by atoms with Gasteiger partial charge in [0.25, 0.3) is 0 Å². The van der Waals surface area contributed by atoms with E-state index in [2.05, 4.69) is 9.84 Å². The predicted molar refractivity (Wildman–Crippen MR) is 87.5 cm³/mol. The summed E-state index contributed by atoms with van der Waals surface area (Å²) >= 11 is 5.57. The minimum absolute atomic E-state index is 0.0525. The van der Waals surface area contributed by atoms with Crippen molar-refractivity contribution in [3.8, 4) is 5.75 Å². The molecule has 0 radical (unpaired) electrons. The summed E-state index contributed by atoms with van der Waals surface area (Å²) in [6, 6.07) is 5.86. The number of carbonyl (C=O) groups is 2. The van der Waals surface area contributed by atoms with E-state index in [1.807, 2.05) is 5.43 Å². The van der Waals surface area contributed by atoms with E-state index in [-0.39, 0.29) is 10.7 Å². The average Bonchev–Trinajstić information content (AvgIpc) is 2.56. The molecule has 2 aromatic rings. The zero-order valence-corrected chi connectivity index (χ0v) is 13.8. The number of halogens is 5. The molecule has 0 atom stereocenters. The highest BCUT2D eigenvalue weighted by molar-refractivity contribution is 6.67. The molecule has 0 aliphatic rings. The maximum absolute atomic E-state index is 14.0. The number of benzene rings is 2. The number of hydrogen-bond acceptors (Lipinski definition) is 5. The minimum Gasteiger partial charge on any atom is -0.476 e. The lowest BCUT2D eigenvalue weighted by atomic mass is 10.0. The number of carbonyl (C=O) groups excluding carboxylic acids is 1. The summed E-state index contributed by atoms with van der Waals surface area (Å²) in [7, 11) is 0. The number of ketones is 1. The number of nitrogens with one attached hydrogen (secondary N) is 1.